The minimum atomic E-state index is -0.609. The van der Waals surface area contributed by atoms with Crippen LogP contribution in [0.15, 0.2) is 153 Å². The highest BCUT2D eigenvalue weighted by molar-refractivity contribution is 7.22. The molecule has 2 fully saturated rings. The Balaban J connectivity index is 0.000000133. The first kappa shape index (κ1) is 62.0. The maximum atomic E-state index is 12.1. The number of rotatable bonds is 18. The first-order chi connectivity index (χ1) is 44.4. The Morgan fingerprint density at radius 1 is 0.527 bits per heavy atom. The first-order valence-corrected chi connectivity index (χ1v) is 31.8. The largest absolute Gasteiger partial charge is 0.499 e. The normalized spacial score (nSPS) is 15.7. The summed E-state index contributed by atoms with van der Waals surface area (Å²) in [6.45, 7) is 5.89. The van der Waals surface area contributed by atoms with Gasteiger partial charge in [-0.25, -0.2) is 9.98 Å². The van der Waals surface area contributed by atoms with Crippen LogP contribution in [0.3, 0.4) is 0 Å². The zero-order valence-electron chi connectivity index (χ0n) is 48.8. The van der Waals surface area contributed by atoms with Gasteiger partial charge >= 0.3 is 0 Å². The number of aliphatic hydroxyl groups is 3. The number of morpholine rings is 1. The van der Waals surface area contributed by atoms with Gasteiger partial charge in [-0.2, -0.15) is 0 Å². The molecule has 10 aromatic rings. The van der Waals surface area contributed by atoms with E-state index in [1.165, 1.54) is 59.3 Å². The van der Waals surface area contributed by atoms with Crippen molar-refractivity contribution < 1.29 is 59.4 Å². The van der Waals surface area contributed by atoms with Crippen molar-refractivity contribution in [2.75, 3.05) is 85.5 Å². The summed E-state index contributed by atoms with van der Waals surface area (Å²) in [7, 11) is 0. The predicted octanol–water partition coefficient (Wildman–Crippen LogP) is 11.4. The molecular weight excluding hydrogens is 1220 g/mol. The topological polar surface area (TPSA) is 301 Å². The summed E-state index contributed by atoms with van der Waals surface area (Å²) in [5.41, 5.74) is 8.44. The predicted molar refractivity (Wildman–Crippen MR) is 355 cm³/mol. The molecule has 7 N–H and O–H groups in total. The number of oxime groups is 2. The van der Waals surface area contributed by atoms with Gasteiger partial charge in [0, 0.05) is 95.2 Å². The number of hydrogen-bond donors (Lipinski definition) is 7. The number of likely N-dealkylation sites (tertiary alicyclic amines) is 1. The van der Waals surface area contributed by atoms with Gasteiger partial charge in [0.25, 0.3) is 0 Å². The van der Waals surface area contributed by atoms with Crippen LogP contribution in [0.4, 0.5) is 17.1 Å². The lowest BCUT2D eigenvalue weighted by molar-refractivity contribution is 0.0213. The van der Waals surface area contributed by atoms with Crippen molar-refractivity contribution in [3.05, 3.63) is 171 Å². The van der Waals surface area contributed by atoms with Crippen molar-refractivity contribution in [2.24, 2.45) is 25.5 Å². The number of carbonyl (C=O) groups is 3. The third kappa shape index (κ3) is 13.0. The number of aromatic nitrogens is 1. The monoisotopic (exact) mass is 1280 g/mol. The minimum Gasteiger partial charge on any atom is -0.499 e. The number of carbonyl (C=O) groups excluding carboxylic acids is 3. The van der Waals surface area contributed by atoms with Crippen LogP contribution < -0.4 is 0 Å². The van der Waals surface area contributed by atoms with Crippen LogP contribution in [-0.2, 0) is 14.4 Å². The zero-order valence-corrected chi connectivity index (χ0v) is 51.3. The van der Waals surface area contributed by atoms with E-state index < -0.39 is 25.6 Å². The van der Waals surface area contributed by atoms with E-state index >= 15 is 0 Å². The summed E-state index contributed by atoms with van der Waals surface area (Å²) in [4.78, 5) is 76.1. The number of H-pyrrole nitrogens is 1. The van der Waals surface area contributed by atoms with Gasteiger partial charge < -0.3 is 50.0 Å². The van der Waals surface area contributed by atoms with E-state index in [2.05, 4.69) is 30.3 Å². The molecule has 8 heterocycles. The molecule has 21 nitrogen and oxygen atoms in total. The van der Waals surface area contributed by atoms with Gasteiger partial charge in [0.1, 0.15) is 61.6 Å². The SMILES string of the molecule is O=C(CO)c1ccc2c(c1)/C(=N\OCCN1CCCCC1)C(c1c(O)sc3ccccc13)=N2.O=C(CO)c1ccc2c(c1)/C(=N\OCCN1CCOCC1)C(c1c(O)sc3ccccc13)=N2.O=Nc1c(-c2c(O)sc3ccccc23)[nH]c2ccc(C(=O)CO)cc12. The molecule has 24 heteroatoms. The summed E-state index contributed by atoms with van der Waals surface area (Å²) >= 11 is 3.79. The van der Waals surface area contributed by atoms with Crippen molar-refractivity contribution in [2.45, 2.75) is 19.3 Å². The number of hydrogen-bond acceptors (Lipinski definition) is 23. The molecule has 6 aromatic carbocycles. The molecule has 0 unspecified atom stereocenters. The van der Waals surface area contributed by atoms with E-state index in [0.717, 1.165) is 69.5 Å². The number of nitroso groups, excluding NO2 is 1. The van der Waals surface area contributed by atoms with E-state index in [1.807, 2.05) is 72.8 Å². The second kappa shape index (κ2) is 27.9. The van der Waals surface area contributed by atoms with Crippen LogP contribution in [0, 0.1) is 4.91 Å². The fourth-order valence-corrected chi connectivity index (χ4v) is 14.2. The lowest BCUT2D eigenvalue weighted by atomic mass is 9.99. The van der Waals surface area contributed by atoms with Gasteiger partial charge in [-0.3, -0.25) is 24.2 Å². The first-order valence-electron chi connectivity index (χ1n) is 29.4. The molecular formula is C67H60N8O13S3. The van der Waals surface area contributed by atoms with E-state index in [9.17, 15) is 44.8 Å². The Hall–Kier alpha value is -9.21. The minimum absolute atomic E-state index is 0.0873. The molecule has 4 aromatic heterocycles. The van der Waals surface area contributed by atoms with Gasteiger partial charge in [0.2, 0.25) is 0 Å². The van der Waals surface area contributed by atoms with Crippen LogP contribution in [-0.4, -0.2) is 171 Å². The maximum Gasteiger partial charge on any atom is 0.188 e. The molecule has 0 saturated carbocycles. The van der Waals surface area contributed by atoms with Crippen LogP contribution in [0.1, 0.15) is 72.6 Å². The molecule has 0 aliphatic carbocycles. The fraction of sp³-hybridized carbons (Fsp3) is 0.239. The van der Waals surface area contributed by atoms with Crippen molar-refractivity contribution in [1.82, 2.24) is 14.8 Å². The average molecular weight is 1280 g/mol. The van der Waals surface area contributed by atoms with Crippen LogP contribution in [0.5, 0.6) is 15.2 Å². The number of nitrogens with one attached hydrogen (secondary N) is 1. The van der Waals surface area contributed by atoms with E-state index in [1.54, 1.807) is 48.5 Å². The Morgan fingerprint density at radius 3 is 1.43 bits per heavy atom. The molecule has 91 heavy (non-hydrogen) atoms. The number of Topliss-reactive ketones (excluding diaryl/α,β-unsaturated/α-hetero) is 3. The van der Waals surface area contributed by atoms with Crippen molar-refractivity contribution in [1.29, 1.82) is 0 Å². The van der Waals surface area contributed by atoms with Crippen molar-refractivity contribution >= 4 is 132 Å². The molecule has 0 atom stereocenters. The van der Waals surface area contributed by atoms with Gasteiger partial charge in [-0.15, -0.1) is 4.91 Å². The molecule has 4 aliphatic heterocycles. The maximum absolute atomic E-state index is 12.1. The number of aromatic hydroxyl groups is 3. The molecule has 0 bridgehead atoms. The molecule has 0 radical (unpaired) electrons. The summed E-state index contributed by atoms with van der Waals surface area (Å²) in [6.07, 6.45) is 3.71. The summed E-state index contributed by atoms with van der Waals surface area (Å²) in [5.74, 6) is -1.20. The van der Waals surface area contributed by atoms with E-state index in [0.29, 0.717) is 122 Å². The molecule has 0 spiro atoms. The zero-order chi connectivity index (χ0) is 63.1. The number of ether oxygens (including phenoxy) is 1. The Bertz CT molecular complexity index is 4370. The highest BCUT2D eigenvalue weighted by Crippen LogP contribution is 2.49. The smallest absolute Gasteiger partial charge is 0.188 e. The Morgan fingerprint density at radius 2 is 0.956 bits per heavy atom. The van der Waals surface area contributed by atoms with Crippen LogP contribution >= 0.6 is 34.0 Å². The van der Waals surface area contributed by atoms with E-state index in [-0.39, 0.29) is 32.4 Å². The lowest BCUT2D eigenvalue weighted by Gasteiger charge is -2.25. The van der Waals surface area contributed by atoms with E-state index in [4.69, 9.17) is 29.5 Å². The molecule has 464 valence electrons. The average Bonchev–Trinajstić information content (AvgIpc) is 1.65. The summed E-state index contributed by atoms with van der Waals surface area (Å²) < 4.78 is 8.15. The number of benzene rings is 6. The number of thiophene rings is 3. The highest BCUT2D eigenvalue weighted by atomic mass is 32.1. The van der Waals surface area contributed by atoms with Gasteiger partial charge in [-0.05, 0) is 104 Å². The second-order valence-electron chi connectivity index (χ2n) is 21.6. The number of aliphatic imine (C=N–C) groups is 2. The molecule has 2 saturated heterocycles. The number of fused-ring (bicyclic) bond motifs is 6. The van der Waals surface area contributed by atoms with Gasteiger partial charge in [0.15, 0.2) is 32.5 Å². The number of ketones is 3. The van der Waals surface area contributed by atoms with Crippen molar-refractivity contribution in [3.63, 3.8) is 0 Å². The number of piperidine rings is 1. The standard InChI is InChI=1S/C25H25N3O4S.C24H23N3O5S.C18H12N2O4S/c29-15-20(30)16-8-9-19-18(14-16)23(27-32-13-12-28-10-4-1-5-11-28)24(26-19)22-17-6-2-3-7-21(17)33-25(22)31;28-14-19(29)15-5-6-18-17(13-15)22(26-32-12-9-27-7-10-31-11-8-27)23(25-18)21-16-3-1-2-4-20(16)33-24(21)30;21-8-13(22)9-5-6-12-11(7-9)16(20-24)17(19-12)15-10-3-1-2-4-14(10)25-18(15)23/h2-3,6-9,14,29,31H,1,4-5,10-13,15H2;1-6,13,28,30H,7-12,14H2;1-7,19,21,23H,8H2/b27-23+;26-22+;. The van der Waals surface area contributed by atoms with Gasteiger partial charge in [0.05, 0.1) is 47.0 Å². The third-order valence-electron chi connectivity index (χ3n) is 16.0. The molecule has 14 rings (SSSR count). The number of aliphatic hydroxyl groups excluding tert-OH is 3. The summed E-state index contributed by atoms with van der Waals surface area (Å²) in [5, 5.41) is 74.9. The fourth-order valence-electron chi connectivity index (χ4n) is 11.4. The molecule has 4 aliphatic rings. The molecule has 0 amide bonds. The number of nitrogens with zero attached hydrogens (tertiary/aromatic N) is 7. The van der Waals surface area contributed by atoms with Crippen LogP contribution in [0.25, 0.3) is 52.4 Å². The summed E-state index contributed by atoms with van der Waals surface area (Å²) in [6, 6.07) is 37.8. The quantitative estimate of drug-likeness (QED) is 0.0182. The van der Waals surface area contributed by atoms with Crippen LogP contribution in [0.2, 0.25) is 0 Å². The van der Waals surface area contributed by atoms with Gasteiger partial charge in [-0.1, -0.05) is 105 Å². The highest BCUT2D eigenvalue weighted by Gasteiger charge is 2.33. The lowest BCUT2D eigenvalue weighted by Crippen LogP contribution is -2.38. The Labute approximate surface area is 531 Å². The second-order valence-corrected chi connectivity index (χ2v) is 24.7. The number of aromatic amines is 1. The Kier molecular flexibility index (Phi) is 19.0. The third-order valence-corrected chi connectivity index (χ3v) is 18.9. The van der Waals surface area contributed by atoms with Crippen molar-refractivity contribution in [3.8, 4) is 26.4 Å².